The normalized spacial score (nSPS) is 10.9. The third-order valence-electron chi connectivity index (χ3n) is 14.0. The molecule has 3 aromatic heterocycles. The lowest BCUT2D eigenvalue weighted by Crippen LogP contribution is -2.21. The minimum Gasteiger partial charge on any atom is -0.466 e. The van der Waals surface area contributed by atoms with E-state index in [9.17, 15) is 19.2 Å². The van der Waals surface area contributed by atoms with E-state index in [4.69, 9.17) is 91.1 Å². The Bertz CT molecular complexity index is 4300. The van der Waals surface area contributed by atoms with Crippen LogP contribution in [0.3, 0.4) is 0 Å². The summed E-state index contributed by atoms with van der Waals surface area (Å²) in [6, 6.07) is 39.3. The van der Waals surface area contributed by atoms with Gasteiger partial charge in [-0.15, -0.1) is 0 Å². The quantitative estimate of drug-likeness (QED) is 0.00722. The molecule has 1 unspecified atom stereocenters. The van der Waals surface area contributed by atoms with E-state index >= 15 is 0 Å². The molecule has 9 aromatic rings. The molecule has 6 aromatic carbocycles. The molecular weight excluding hydrogens is 1140 g/mol. The zero-order valence-electron chi connectivity index (χ0n) is 49.3. The van der Waals surface area contributed by atoms with Crippen LogP contribution in [0.1, 0.15) is 76.8 Å². The molecule has 24 nitrogen and oxygen atoms in total. The molecule has 90 heavy (non-hydrogen) atoms. The van der Waals surface area contributed by atoms with Crippen LogP contribution in [0.4, 0.5) is 0 Å². The summed E-state index contributed by atoms with van der Waals surface area (Å²) in [6.07, 6.45) is 1.09. The molecule has 0 aliphatic carbocycles. The van der Waals surface area contributed by atoms with Crippen molar-refractivity contribution in [3.63, 3.8) is 0 Å². The molecule has 460 valence electrons. The fourth-order valence-electron chi connectivity index (χ4n) is 9.67. The lowest BCUT2D eigenvalue weighted by Gasteiger charge is -2.13. The largest absolute Gasteiger partial charge is 0.466 e. The number of rotatable bonds is 23. The van der Waals surface area contributed by atoms with E-state index < -0.39 is 24.0 Å². The summed E-state index contributed by atoms with van der Waals surface area (Å²) in [5.74, 6) is -1.92. The first kappa shape index (κ1) is 65.4. The number of nitrogens with two attached hydrogens (primary N) is 6. The number of benzene rings is 6. The number of nitrogen functional groups attached to an aromatic ring is 6. The van der Waals surface area contributed by atoms with Crippen LogP contribution in [0.25, 0.3) is 66.5 Å². The first-order valence-electron chi connectivity index (χ1n) is 28.0. The lowest BCUT2D eigenvalue weighted by molar-refractivity contribution is -0.153. The summed E-state index contributed by atoms with van der Waals surface area (Å²) >= 11 is 0. The number of amidine groups is 6. The molecule has 0 aliphatic rings. The predicted octanol–water partition coefficient (Wildman–Crippen LogP) is 7.91. The van der Waals surface area contributed by atoms with E-state index in [-0.39, 0.29) is 92.9 Å². The summed E-state index contributed by atoms with van der Waals surface area (Å²) in [5, 5.41) is 56.7. The minimum absolute atomic E-state index is 0.0116. The van der Waals surface area contributed by atoms with Gasteiger partial charge in [0.15, 0.2) is 0 Å². The fraction of sp³-hybridized carbons (Fsp3) is 0.167. The predicted molar refractivity (Wildman–Crippen MR) is 348 cm³/mol. The molecule has 0 aliphatic heterocycles. The van der Waals surface area contributed by atoms with Crippen LogP contribution in [0.2, 0.25) is 0 Å². The Morgan fingerprint density at radius 2 is 0.811 bits per heavy atom. The molecule has 0 saturated carbocycles. The zero-order chi connectivity index (χ0) is 65.3. The second-order valence-electron chi connectivity index (χ2n) is 20.4. The number of fused-ring (bicyclic) bond motifs is 3. The van der Waals surface area contributed by atoms with Gasteiger partial charge in [0.2, 0.25) is 0 Å². The molecule has 3 heterocycles. The third kappa shape index (κ3) is 16.4. The molecule has 1 atom stereocenters. The molecule has 0 amide bonds. The number of carbonyl (C=O) groups excluding carboxylic acids is 4. The second-order valence-corrected chi connectivity index (χ2v) is 20.4. The average molecular weight is 1210 g/mol. The Morgan fingerprint density at radius 3 is 1.12 bits per heavy atom. The van der Waals surface area contributed by atoms with Gasteiger partial charge in [-0.3, -0.25) is 51.6 Å². The number of aromatic nitrogens is 3. The summed E-state index contributed by atoms with van der Waals surface area (Å²) in [4.78, 5) is 58.8. The van der Waals surface area contributed by atoms with Gasteiger partial charge < -0.3 is 68.3 Å². The van der Waals surface area contributed by atoms with Crippen LogP contribution in [0.15, 0.2) is 140 Å². The molecule has 0 radical (unpaired) electrons. The van der Waals surface area contributed by atoms with Crippen molar-refractivity contribution in [2.45, 2.75) is 52.1 Å². The minimum atomic E-state index is -0.621. The molecular formula is C66H68N16O8. The monoisotopic (exact) mass is 1210 g/mol. The van der Waals surface area contributed by atoms with Crippen molar-refractivity contribution < 1.29 is 38.1 Å². The van der Waals surface area contributed by atoms with Crippen molar-refractivity contribution in [1.82, 2.24) is 15.0 Å². The molecule has 0 spiro atoms. The van der Waals surface area contributed by atoms with Crippen molar-refractivity contribution in [2.75, 3.05) is 19.8 Å². The topological polar surface area (TPSA) is 476 Å². The Labute approximate surface area is 516 Å². The fourth-order valence-corrected chi connectivity index (χ4v) is 9.67. The second kappa shape index (κ2) is 29.8. The Hall–Kier alpha value is -12.1. The number of carbonyl (C=O) groups is 4. The standard InChI is InChI=1S/C24H27N5O4.C21H20N6O2.C21H21N5O2/c1-3-32-20(30)10-13(2)33-21(31)12-18-17-9-8-16(24(27)28)11-19(17)29-22(18)14-4-6-15(7-5-14)23(25)26;22-8-1-9-29-18(28)11-16-15-7-6-14(21(25)26)10-17(15)27-19(16)12-2-4-13(5-3-12)20(23)24;1-2-9-28-18(27)11-16-15-8-7-14(21(24)25)10-17(15)26-19(16)12-3-5-13(6-4-12)20(22)23/h4-9,11,13,29H,3,10,12H2,1-2H3,(H3,25,26)(H3,27,28);2-7,10,27H,1,9,11H2,(H3,23,24)(H3,25,26);2-8,10,26H,1,9,11H2,(H3,22,23)(H3,24,25). The molecule has 24 heteroatoms. The summed E-state index contributed by atoms with van der Waals surface area (Å²) < 4.78 is 20.6. The Balaban J connectivity index is 0.000000193. The van der Waals surface area contributed by atoms with Crippen LogP contribution in [0.5, 0.6) is 0 Å². The molecule has 9 rings (SSSR count). The van der Waals surface area contributed by atoms with E-state index in [1.54, 1.807) is 92.7 Å². The van der Waals surface area contributed by atoms with Crippen molar-refractivity contribution in [3.8, 4) is 39.8 Å². The van der Waals surface area contributed by atoms with Gasteiger partial charge >= 0.3 is 23.9 Å². The highest BCUT2D eigenvalue weighted by atomic mass is 16.6. The van der Waals surface area contributed by atoms with E-state index in [2.05, 4.69) is 21.5 Å². The number of esters is 4. The van der Waals surface area contributed by atoms with Gasteiger partial charge in [-0.1, -0.05) is 122 Å². The number of hydrogen-bond donors (Lipinski definition) is 15. The van der Waals surface area contributed by atoms with E-state index in [1.165, 1.54) is 6.08 Å². The van der Waals surface area contributed by atoms with E-state index in [0.717, 1.165) is 71.9 Å². The number of ether oxygens (including phenoxy) is 4. The molecule has 0 fully saturated rings. The molecule has 0 bridgehead atoms. The number of hydrogen-bond acceptors (Lipinski definition) is 15. The van der Waals surface area contributed by atoms with Crippen LogP contribution >= 0.6 is 0 Å². The lowest BCUT2D eigenvalue weighted by atomic mass is 10.0. The number of nitrogens with one attached hydrogen (secondary N) is 9. The Morgan fingerprint density at radius 1 is 0.489 bits per heavy atom. The first-order valence-corrected chi connectivity index (χ1v) is 28.0. The SMILES string of the molecule is C=CCOC(=O)Cc1c(-c2ccc(C(=N)N)cc2)[nH]c2cc(C(=N)N)ccc12.CCOC(=O)CC(C)OC(=O)Cc1c(-c2ccc(C(=N)N)cc2)[nH]c2cc(C(=N)N)ccc12.N#CCCOC(=O)Cc1c(-c2ccc(C(=N)N)cc2)[nH]c2cc(C(=N)N)ccc12. The van der Waals surface area contributed by atoms with Gasteiger partial charge in [0, 0.05) is 66.1 Å². The third-order valence-corrected chi connectivity index (χ3v) is 14.0. The maximum absolute atomic E-state index is 12.7. The maximum atomic E-state index is 12.7. The first-order chi connectivity index (χ1) is 43.0. The van der Waals surface area contributed by atoms with Gasteiger partial charge in [-0.25, -0.2) is 0 Å². The zero-order valence-corrected chi connectivity index (χ0v) is 49.3. The number of nitriles is 1. The van der Waals surface area contributed by atoms with Crippen molar-refractivity contribution in [2.24, 2.45) is 34.4 Å². The highest BCUT2D eigenvalue weighted by Gasteiger charge is 2.23. The summed E-state index contributed by atoms with van der Waals surface area (Å²) in [6.45, 7) is 7.38. The maximum Gasteiger partial charge on any atom is 0.310 e. The highest BCUT2D eigenvalue weighted by molar-refractivity contribution is 6.05. The van der Waals surface area contributed by atoms with Gasteiger partial charge in [-0.2, -0.15) is 5.26 Å². The van der Waals surface area contributed by atoms with E-state index in [0.29, 0.717) is 44.6 Å². The van der Waals surface area contributed by atoms with Gasteiger partial charge in [0.1, 0.15) is 54.3 Å². The van der Waals surface area contributed by atoms with Gasteiger partial charge in [0.05, 0.1) is 61.9 Å². The summed E-state index contributed by atoms with van der Waals surface area (Å²) in [5.41, 5.74) is 46.1. The van der Waals surface area contributed by atoms with E-state index in [1.807, 2.05) is 54.6 Å². The van der Waals surface area contributed by atoms with Gasteiger partial charge in [0.25, 0.3) is 0 Å². The average Bonchev–Trinajstić information content (AvgIpc) is 1.94. The molecule has 21 N–H and O–H groups in total. The van der Waals surface area contributed by atoms with Gasteiger partial charge in [-0.05, 0) is 65.4 Å². The smallest absolute Gasteiger partial charge is 0.310 e. The molecule has 0 saturated heterocycles. The van der Waals surface area contributed by atoms with Crippen LogP contribution < -0.4 is 34.4 Å². The van der Waals surface area contributed by atoms with Crippen molar-refractivity contribution in [3.05, 3.63) is 190 Å². The van der Waals surface area contributed by atoms with Crippen LogP contribution in [0, 0.1) is 43.8 Å². The summed E-state index contributed by atoms with van der Waals surface area (Å²) in [7, 11) is 0. The number of aromatic amines is 3. The van der Waals surface area contributed by atoms with Crippen LogP contribution in [-0.4, -0.2) is 99.8 Å². The highest BCUT2D eigenvalue weighted by Crippen LogP contribution is 2.35. The number of H-pyrrole nitrogens is 3. The Kier molecular flexibility index (Phi) is 21.7. The van der Waals surface area contributed by atoms with Crippen LogP contribution in [-0.2, 0) is 57.4 Å². The van der Waals surface area contributed by atoms with Crippen molar-refractivity contribution in [1.29, 1.82) is 37.7 Å². The number of nitrogens with zero attached hydrogens (tertiary/aromatic N) is 1. The van der Waals surface area contributed by atoms with Crippen molar-refractivity contribution >= 4 is 91.6 Å².